The zero-order valence-corrected chi connectivity index (χ0v) is 16.3. The van der Waals surface area contributed by atoms with E-state index in [0.717, 1.165) is 29.7 Å². The van der Waals surface area contributed by atoms with Gasteiger partial charge >= 0.3 is 0 Å². The number of amides is 2. The molecule has 3 rings (SSSR count). The first-order valence-corrected chi connectivity index (χ1v) is 9.72. The van der Waals surface area contributed by atoms with Gasteiger partial charge < -0.3 is 10.6 Å². The molecule has 2 N–H and O–H groups in total. The Bertz CT molecular complexity index is 852. The highest BCUT2D eigenvalue weighted by Crippen LogP contribution is 2.30. The summed E-state index contributed by atoms with van der Waals surface area (Å²) in [6.07, 6.45) is 2.29. The third-order valence-electron chi connectivity index (χ3n) is 4.96. The second kappa shape index (κ2) is 8.83. The molecule has 0 heterocycles. The molecule has 146 valence electrons. The van der Waals surface area contributed by atoms with E-state index in [2.05, 4.69) is 10.6 Å². The van der Waals surface area contributed by atoms with Gasteiger partial charge in [0.2, 0.25) is 11.8 Å². The van der Waals surface area contributed by atoms with Crippen LogP contribution < -0.4 is 10.6 Å². The minimum absolute atomic E-state index is 0.0291. The molecule has 28 heavy (non-hydrogen) atoms. The van der Waals surface area contributed by atoms with Gasteiger partial charge in [-0.3, -0.25) is 14.4 Å². The second-order valence-electron chi connectivity index (χ2n) is 7.46. The molecule has 2 aromatic carbocycles. The van der Waals surface area contributed by atoms with Crippen LogP contribution in [0.2, 0.25) is 0 Å². The maximum atomic E-state index is 12.2. The fourth-order valence-electron chi connectivity index (χ4n) is 2.95. The normalized spacial score (nSPS) is 14.2. The molecular formula is C23H26N2O3. The van der Waals surface area contributed by atoms with Crippen molar-refractivity contribution in [3.8, 4) is 0 Å². The summed E-state index contributed by atoms with van der Waals surface area (Å²) in [4.78, 5) is 36.2. The smallest absolute Gasteiger partial charge is 0.227 e. The molecule has 0 bridgehead atoms. The number of hydrogen-bond acceptors (Lipinski definition) is 3. The van der Waals surface area contributed by atoms with Gasteiger partial charge in [0.25, 0.3) is 0 Å². The summed E-state index contributed by atoms with van der Waals surface area (Å²) in [6.45, 7) is 3.87. The largest absolute Gasteiger partial charge is 0.350 e. The molecule has 2 amide bonds. The third-order valence-corrected chi connectivity index (χ3v) is 4.96. The summed E-state index contributed by atoms with van der Waals surface area (Å²) >= 11 is 0. The Morgan fingerprint density at radius 3 is 2.21 bits per heavy atom. The van der Waals surface area contributed by atoms with E-state index < -0.39 is 0 Å². The van der Waals surface area contributed by atoms with E-state index in [-0.39, 0.29) is 42.4 Å². The standard InChI is InChI=1S/C23H26N2O3/c1-15-3-5-18(6-4-15)21(26)13-14-22(27)24-16(2)17-9-11-20(12-10-17)25-23(28)19-7-8-19/h3-6,9-12,16,19H,7-8,13-14H2,1-2H3,(H,24,27)(H,25,28). The summed E-state index contributed by atoms with van der Waals surface area (Å²) in [5, 5.41) is 5.82. The number of aryl methyl sites for hydroxylation is 1. The maximum absolute atomic E-state index is 12.2. The van der Waals surface area contributed by atoms with Crippen molar-refractivity contribution in [2.75, 3.05) is 5.32 Å². The average molecular weight is 378 g/mol. The van der Waals surface area contributed by atoms with Crippen molar-refractivity contribution in [3.63, 3.8) is 0 Å². The molecule has 1 atom stereocenters. The third kappa shape index (κ3) is 5.52. The molecule has 0 spiro atoms. The first kappa shape index (κ1) is 19.8. The molecule has 1 aliphatic rings. The average Bonchev–Trinajstić information content (AvgIpc) is 3.52. The van der Waals surface area contributed by atoms with Gasteiger partial charge in [0.15, 0.2) is 5.78 Å². The van der Waals surface area contributed by atoms with E-state index in [1.165, 1.54) is 0 Å². The minimum atomic E-state index is -0.171. The van der Waals surface area contributed by atoms with Crippen molar-refractivity contribution >= 4 is 23.3 Å². The number of ketones is 1. The van der Waals surface area contributed by atoms with Crippen LogP contribution in [0.4, 0.5) is 5.69 Å². The van der Waals surface area contributed by atoms with E-state index >= 15 is 0 Å². The van der Waals surface area contributed by atoms with Gasteiger partial charge in [-0.1, -0.05) is 42.0 Å². The van der Waals surface area contributed by atoms with Crippen LogP contribution in [0.3, 0.4) is 0 Å². The van der Waals surface area contributed by atoms with E-state index in [1.807, 2.05) is 50.2 Å². The summed E-state index contributed by atoms with van der Waals surface area (Å²) in [5.41, 5.74) is 3.45. The van der Waals surface area contributed by atoms with Crippen molar-refractivity contribution in [1.29, 1.82) is 0 Å². The molecule has 1 unspecified atom stereocenters. The predicted octanol–water partition coefficient (Wildman–Crippen LogP) is 4.18. The van der Waals surface area contributed by atoms with E-state index in [1.54, 1.807) is 12.1 Å². The first-order chi connectivity index (χ1) is 13.4. The number of nitrogens with one attached hydrogen (secondary N) is 2. The lowest BCUT2D eigenvalue weighted by Gasteiger charge is -2.15. The van der Waals surface area contributed by atoms with Gasteiger partial charge in [-0.2, -0.15) is 0 Å². The van der Waals surface area contributed by atoms with Crippen molar-refractivity contribution in [3.05, 3.63) is 65.2 Å². The lowest BCUT2D eigenvalue weighted by atomic mass is 10.0. The Morgan fingerprint density at radius 1 is 0.964 bits per heavy atom. The number of benzene rings is 2. The zero-order chi connectivity index (χ0) is 20.1. The molecule has 0 aromatic heterocycles. The Hall–Kier alpha value is -2.95. The van der Waals surface area contributed by atoms with Crippen molar-refractivity contribution in [1.82, 2.24) is 5.32 Å². The van der Waals surface area contributed by atoms with Gasteiger partial charge in [-0.15, -0.1) is 0 Å². The first-order valence-electron chi connectivity index (χ1n) is 9.72. The van der Waals surface area contributed by atoms with Crippen LogP contribution in [0.25, 0.3) is 0 Å². The van der Waals surface area contributed by atoms with E-state index in [0.29, 0.717) is 5.56 Å². The van der Waals surface area contributed by atoms with Gasteiger partial charge in [-0.25, -0.2) is 0 Å². The highest BCUT2D eigenvalue weighted by atomic mass is 16.2. The number of carbonyl (C=O) groups excluding carboxylic acids is 3. The topological polar surface area (TPSA) is 75.3 Å². The molecule has 2 aromatic rings. The van der Waals surface area contributed by atoms with Crippen LogP contribution in [-0.2, 0) is 9.59 Å². The lowest BCUT2D eigenvalue weighted by molar-refractivity contribution is -0.121. The Balaban J connectivity index is 1.46. The van der Waals surface area contributed by atoms with Crippen molar-refractivity contribution in [2.24, 2.45) is 5.92 Å². The van der Waals surface area contributed by atoms with E-state index in [9.17, 15) is 14.4 Å². The molecule has 0 radical (unpaired) electrons. The fourth-order valence-corrected chi connectivity index (χ4v) is 2.95. The quantitative estimate of drug-likeness (QED) is 0.677. The summed E-state index contributed by atoms with van der Waals surface area (Å²) < 4.78 is 0. The highest BCUT2D eigenvalue weighted by molar-refractivity contribution is 5.98. The minimum Gasteiger partial charge on any atom is -0.350 e. The molecule has 1 saturated carbocycles. The molecule has 0 saturated heterocycles. The van der Waals surface area contributed by atoms with Crippen LogP contribution in [0.1, 0.15) is 60.1 Å². The molecule has 0 aliphatic heterocycles. The maximum Gasteiger partial charge on any atom is 0.227 e. The number of hydrogen-bond donors (Lipinski definition) is 2. The highest BCUT2D eigenvalue weighted by Gasteiger charge is 2.29. The van der Waals surface area contributed by atoms with Gasteiger partial charge in [0.1, 0.15) is 0 Å². The monoisotopic (exact) mass is 378 g/mol. The Kier molecular flexibility index (Phi) is 6.24. The SMILES string of the molecule is Cc1ccc(C(=O)CCC(=O)NC(C)c2ccc(NC(=O)C3CC3)cc2)cc1. The molecule has 1 aliphatic carbocycles. The van der Waals surface area contributed by atoms with Crippen molar-refractivity contribution in [2.45, 2.75) is 45.6 Å². The fraction of sp³-hybridized carbons (Fsp3) is 0.348. The van der Waals surface area contributed by atoms with Crippen molar-refractivity contribution < 1.29 is 14.4 Å². The number of carbonyl (C=O) groups is 3. The van der Waals surface area contributed by atoms with Crippen LogP contribution >= 0.6 is 0 Å². The van der Waals surface area contributed by atoms with Crippen LogP contribution in [0.15, 0.2) is 48.5 Å². The van der Waals surface area contributed by atoms with E-state index in [4.69, 9.17) is 0 Å². The zero-order valence-electron chi connectivity index (χ0n) is 16.3. The molecule has 5 nitrogen and oxygen atoms in total. The summed E-state index contributed by atoms with van der Waals surface area (Å²) in [6, 6.07) is 14.7. The number of Topliss-reactive ketones (excluding diaryl/α,β-unsaturated/α-hetero) is 1. The lowest BCUT2D eigenvalue weighted by Crippen LogP contribution is -2.27. The van der Waals surface area contributed by atoms with Gasteiger partial charge in [-0.05, 0) is 44.4 Å². The van der Waals surface area contributed by atoms with Crippen LogP contribution in [0.5, 0.6) is 0 Å². The molecule has 5 heteroatoms. The van der Waals surface area contributed by atoms with Crippen LogP contribution in [-0.4, -0.2) is 17.6 Å². The predicted molar refractivity (Wildman–Crippen MR) is 109 cm³/mol. The number of rotatable bonds is 8. The molecule has 1 fully saturated rings. The van der Waals surface area contributed by atoms with Gasteiger partial charge in [0, 0.05) is 30.0 Å². The Labute approximate surface area is 165 Å². The molecular weight excluding hydrogens is 352 g/mol. The summed E-state index contributed by atoms with van der Waals surface area (Å²) in [5.74, 6) is 0.0606. The number of anilines is 1. The second-order valence-corrected chi connectivity index (χ2v) is 7.46. The van der Waals surface area contributed by atoms with Crippen LogP contribution in [0, 0.1) is 12.8 Å². The summed E-state index contributed by atoms with van der Waals surface area (Å²) in [7, 11) is 0. The van der Waals surface area contributed by atoms with Gasteiger partial charge in [0.05, 0.1) is 6.04 Å². The Morgan fingerprint density at radius 2 is 1.61 bits per heavy atom.